The van der Waals surface area contributed by atoms with Gasteiger partial charge in [0.25, 0.3) is 0 Å². The molecule has 2 fully saturated rings. The normalized spacial score (nSPS) is 19.6. The summed E-state index contributed by atoms with van der Waals surface area (Å²) in [6, 6.07) is 8.24. The maximum absolute atomic E-state index is 5.52. The van der Waals surface area contributed by atoms with Gasteiger partial charge in [-0.05, 0) is 26.0 Å². The van der Waals surface area contributed by atoms with Crippen LogP contribution in [0, 0.1) is 0 Å². The highest BCUT2D eigenvalue weighted by Gasteiger charge is 2.29. The van der Waals surface area contributed by atoms with Crippen molar-refractivity contribution in [3.05, 3.63) is 24.3 Å². The molecule has 0 aromatic heterocycles. The lowest BCUT2D eigenvalue weighted by molar-refractivity contribution is -0.00849. The Morgan fingerprint density at radius 3 is 2.43 bits per heavy atom. The molecule has 0 saturated carbocycles. The number of morpholine rings is 1. The lowest BCUT2D eigenvalue weighted by atomic mass is 10.0. The first-order chi connectivity index (χ1) is 13.5. The summed E-state index contributed by atoms with van der Waals surface area (Å²) in [5, 5.41) is 3.60. The summed E-state index contributed by atoms with van der Waals surface area (Å²) in [5.74, 6) is 1.92. The molecule has 0 spiro atoms. The van der Waals surface area contributed by atoms with Crippen LogP contribution in [-0.4, -0.2) is 94.5 Å². The van der Waals surface area contributed by atoms with Crippen LogP contribution in [-0.2, 0) is 4.74 Å². The SMILES string of the molecule is CN=C(NCC(C)(C)N1CCOCC1)N1CCN(c2ccccc2OC)CC1. The quantitative estimate of drug-likeness (QED) is 0.609. The average Bonchev–Trinajstić information content (AvgIpc) is 2.75. The molecule has 1 aromatic rings. The van der Waals surface area contributed by atoms with E-state index in [0.29, 0.717) is 0 Å². The number of hydrogen-bond acceptors (Lipinski definition) is 5. The first-order valence-electron chi connectivity index (χ1n) is 10.2. The molecule has 0 unspecified atom stereocenters. The van der Waals surface area contributed by atoms with Crippen molar-refractivity contribution in [2.45, 2.75) is 19.4 Å². The van der Waals surface area contributed by atoms with Gasteiger partial charge in [0.05, 0.1) is 26.0 Å². The minimum Gasteiger partial charge on any atom is -0.495 e. The van der Waals surface area contributed by atoms with Crippen molar-refractivity contribution in [1.29, 1.82) is 0 Å². The zero-order chi connectivity index (χ0) is 20.0. The van der Waals surface area contributed by atoms with Crippen LogP contribution >= 0.6 is 0 Å². The first kappa shape index (κ1) is 20.7. The number of hydrogen-bond donors (Lipinski definition) is 1. The van der Waals surface area contributed by atoms with Crippen LogP contribution in [0.3, 0.4) is 0 Å². The molecule has 7 heteroatoms. The third-order valence-electron chi connectivity index (χ3n) is 5.76. The lowest BCUT2D eigenvalue weighted by Crippen LogP contribution is -2.58. The number of aliphatic imine (C=N–C) groups is 1. The summed E-state index contributed by atoms with van der Waals surface area (Å²) in [7, 11) is 3.60. The van der Waals surface area contributed by atoms with Gasteiger partial charge >= 0.3 is 0 Å². The van der Waals surface area contributed by atoms with E-state index in [1.165, 1.54) is 5.69 Å². The first-order valence-corrected chi connectivity index (χ1v) is 10.2. The van der Waals surface area contributed by atoms with Crippen molar-refractivity contribution in [3.8, 4) is 5.75 Å². The molecule has 0 atom stereocenters. The van der Waals surface area contributed by atoms with E-state index in [-0.39, 0.29) is 5.54 Å². The molecule has 2 heterocycles. The summed E-state index contributed by atoms with van der Waals surface area (Å²) in [6.45, 7) is 12.9. The molecule has 0 amide bonds. The fraction of sp³-hybridized carbons (Fsp3) is 0.667. The standard InChI is InChI=1S/C21H35N5O2/c1-21(2,26-13-15-28-16-14-26)17-23-20(22-3)25-11-9-24(10-12-25)18-7-5-6-8-19(18)27-4/h5-8H,9-17H2,1-4H3,(H,22,23). The van der Waals surface area contributed by atoms with E-state index in [0.717, 1.165) is 70.7 Å². The van der Waals surface area contributed by atoms with Crippen LogP contribution in [0.15, 0.2) is 29.3 Å². The van der Waals surface area contributed by atoms with Crippen LogP contribution in [0.2, 0.25) is 0 Å². The summed E-state index contributed by atoms with van der Waals surface area (Å²) < 4.78 is 11.0. The highest BCUT2D eigenvalue weighted by atomic mass is 16.5. The van der Waals surface area contributed by atoms with E-state index in [2.05, 4.69) is 51.0 Å². The lowest BCUT2D eigenvalue weighted by Gasteiger charge is -2.42. The van der Waals surface area contributed by atoms with Crippen molar-refractivity contribution < 1.29 is 9.47 Å². The van der Waals surface area contributed by atoms with E-state index in [1.54, 1.807) is 7.11 Å². The molecule has 2 aliphatic rings. The van der Waals surface area contributed by atoms with Crippen LogP contribution in [0.1, 0.15) is 13.8 Å². The highest BCUT2D eigenvalue weighted by Crippen LogP contribution is 2.28. The Hall–Kier alpha value is -1.99. The van der Waals surface area contributed by atoms with Gasteiger partial charge in [0, 0.05) is 58.4 Å². The molecule has 1 aromatic carbocycles. The topological polar surface area (TPSA) is 52.6 Å². The van der Waals surface area contributed by atoms with Crippen molar-refractivity contribution in [2.75, 3.05) is 78.1 Å². The number of nitrogens with zero attached hydrogens (tertiary/aromatic N) is 4. The Balaban J connectivity index is 1.53. The predicted octanol–water partition coefficient (Wildman–Crippen LogP) is 1.50. The van der Waals surface area contributed by atoms with Gasteiger partial charge in [-0.25, -0.2) is 0 Å². The highest BCUT2D eigenvalue weighted by molar-refractivity contribution is 5.80. The fourth-order valence-electron chi connectivity index (χ4n) is 3.96. The number of guanidine groups is 1. The third-order valence-corrected chi connectivity index (χ3v) is 5.76. The number of benzene rings is 1. The zero-order valence-electron chi connectivity index (χ0n) is 17.8. The van der Waals surface area contributed by atoms with Crippen molar-refractivity contribution in [2.24, 2.45) is 4.99 Å². The molecule has 2 aliphatic heterocycles. The van der Waals surface area contributed by atoms with Gasteiger partial charge in [-0.3, -0.25) is 9.89 Å². The second kappa shape index (κ2) is 9.47. The Bertz CT molecular complexity index is 650. The van der Waals surface area contributed by atoms with Crippen molar-refractivity contribution in [3.63, 3.8) is 0 Å². The number of rotatable bonds is 5. The van der Waals surface area contributed by atoms with E-state index in [4.69, 9.17) is 9.47 Å². The van der Waals surface area contributed by atoms with Crippen molar-refractivity contribution >= 4 is 11.6 Å². The number of piperazine rings is 1. The number of nitrogens with one attached hydrogen (secondary N) is 1. The molecule has 28 heavy (non-hydrogen) atoms. The van der Waals surface area contributed by atoms with Crippen LogP contribution < -0.4 is 15.0 Å². The zero-order valence-corrected chi connectivity index (χ0v) is 17.8. The Morgan fingerprint density at radius 1 is 1.11 bits per heavy atom. The minimum absolute atomic E-state index is 0.0684. The van der Waals surface area contributed by atoms with E-state index < -0.39 is 0 Å². The second-order valence-electron chi connectivity index (χ2n) is 7.96. The van der Waals surface area contributed by atoms with Gasteiger partial charge in [-0.2, -0.15) is 0 Å². The molecule has 156 valence electrons. The van der Waals surface area contributed by atoms with Gasteiger partial charge in [-0.1, -0.05) is 12.1 Å². The predicted molar refractivity (Wildman–Crippen MR) is 115 cm³/mol. The molecule has 3 rings (SSSR count). The largest absolute Gasteiger partial charge is 0.495 e. The molecule has 0 bridgehead atoms. The molecule has 0 aliphatic carbocycles. The van der Waals surface area contributed by atoms with E-state index >= 15 is 0 Å². The Labute approximate surface area is 169 Å². The summed E-state index contributed by atoms with van der Waals surface area (Å²) in [4.78, 5) is 11.8. The number of ether oxygens (including phenoxy) is 2. The van der Waals surface area contributed by atoms with E-state index in [1.807, 2.05) is 19.2 Å². The summed E-state index contributed by atoms with van der Waals surface area (Å²) in [5.41, 5.74) is 1.24. The summed E-state index contributed by atoms with van der Waals surface area (Å²) >= 11 is 0. The van der Waals surface area contributed by atoms with Gasteiger partial charge in [0.1, 0.15) is 5.75 Å². The molecule has 0 radical (unpaired) electrons. The van der Waals surface area contributed by atoms with Crippen molar-refractivity contribution in [1.82, 2.24) is 15.1 Å². The second-order valence-corrected chi connectivity index (χ2v) is 7.96. The molecular formula is C21H35N5O2. The summed E-state index contributed by atoms with van der Waals surface area (Å²) in [6.07, 6.45) is 0. The number of methoxy groups -OCH3 is 1. The fourth-order valence-corrected chi connectivity index (χ4v) is 3.96. The monoisotopic (exact) mass is 389 g/mol. The number of para-hydroxylation sites is 2. The number of anilines is 1. The van der Waals surface area contributed by atoms with Crippen LogP contribution in [0.5, 0.6) is 5.75 Å². The third kappa shape index (κ3) is 4.89. The maximum Gasteiger partial charge on any atom is 0.193 e. The van der Waals surface area contributed by atoms with Gasteiger partial charge in [-0.15, -0.1) is 0 Å². The van der Waals surface area contributed by atoms with Gasteiger partial charge in [0.15, 0.2) is 5.96 Å². The molecular weight excluding hydrogens is 354 g/mol. The van der Waals surface area contributed by atoms with Gasteiger partial charge in [0.2, 0.25) is 0 Å². The average molecular weight is 390 g/mol. The molecule has 2 saturated heterocycles. The Kier molecular flexibility index (Phi) is 7.02. The van der Waals surface area contributed by atoms with Gasteiger partial charge < -0.3 is 24.6 Å². The Morgan fingerprint density at radius 2 is 1.79 bits per heavy atom. The molecule has 1 N–H and O–H groups in total. The maximum atomic E-state index is 5.52. The molecule has 7 nitrogen and oxygen atoms in total. The van der Waals surface area contributed by atoms with Crippen LogP contribution in [0.4, 0.5) is 5.69 Å². The van der Waals surface area contributed by atoms with E-state index in [9.17, 15) is 0 Å². The van der Waals surface area contributed by atoms with Crippen LogP contribution in [0.25, 0.3) is 0 Å². The minimum atomic E-state index is 0.0684. The smallest absolute Gasteiger partial charge is 0.193 e.